The van der Waals surface area contributed by atoms with Gasteiger partial charge >= 0.3 is 0 Å². The van der Waals surface area contributed by atoms with E-state index in [1.54, 1.807) is 4.90 Å². The highest BCUT2D eigenvalue weighted by atomic mass is 16.2. The van der Waals surface area contributed by atoms with E-state index in [9.17, 15) is 9.59 Å². The summed E-state index contributed by atoms with van der Waals surface area (Å²) in [6.07, 6.45) is 1.87. The minimum atomic E-state index is -0.122. The second-order valence-corrected chi connectivity index (χ2v) is 5.22. The molecule has 0 saturated carbocycles. The molecule has 1 aliphatic rings. The summed E-state index contributed by atoms with van der Waals surface area (Å²) < 4.78 is 0. The Kier molecular flexibility index (Phi) is 4.74. The van der Waals surface area contributed by atoms with E-state index < -0.39 is 0 Å². The number of hydrogen-bond donors (Lipinski definition) is 2. The highest BCUT2D eigenvalue weighted by Gasteiger charge is 2.23. The topological polar surface area (TPSA) is 75.4 Å². The molecule has 0 saturated heterocycles. The molecule has 108 valence electrons. The predicted octanol–water partition coefficient (Wildman–Crippen LogP) is 0.819. The number of hydrogen-bond acceptors (Lipinski definition) is 3. The van der Waals surface area contributed by atoms with Crippen LogP contribution in [0.15, 0.2) is 24.3 Å². The van der Waals surface area contributed by atoms with Crippen molar-refractivity contribution in [2.75, 3.05) is 18.0 Å². The van der Waals surface area contributed by atoms with Crippen molar-refractivity contribution in [3.8, 4) is 0 Å². The first-order valence-electron chi connectivity index (χ1n) is 6.98. The molecule has 0 bridgehead atoms. The van der Waals surface area contributed by atoms with Gasteiger partial charge in [-0.1, -0.05) is 18.2 Å². The third-order valence-electron chi connectivity index (χ3n) is 3.45. The zero-order valence-corrected chi connectivity index (χ0v) is 11.8. The van der Waals surface area contributed by atoms with Gasteiger partial charge in [-0.2, -0.15) is 0 Å². The molecule has 1 aromatic rings. The Morgan fingerprint density at radius 1 is 1.40 bits per heavy atom. The number of benzene rings is 1. The van der Waals surface area contributed by atoms with Gasteiger partial charge in [-0.15, -0.1) is 0 Å². The fraction of sp³-hybridized carbons (Fsp3) is 0.467. The number of nitrogens with two attached hydrogens (primary N) is 1. The number of rotatable bonds is 5. The van der Waals surface area contributed by atoms with Crippen molar-refractivity contribution in [3.63, 3.8) is 0 Å². The van der Waals surface area contributed by atoms with Gasteiger partial charge in [0.05, 0.1) is 6.54 Å². The van der Waals surface area contributed by atoms with Crippen LogP contribution in [0.4, 0.5) is 5.69 Å². The quantitative estimate of drug-likeness (QED) is 0.835. The third-order valence-corrected chi connectivity index (χ3v) is 3.45. The van der Waals surface area contributed by atoms with Crippen molar-refractivity contribution in [3.05, 3.63) is 29.8 Å². The van der Waals surface area contributed by atoms with Gasteiger partial charge in [0.1, 0.15) is 0 Å². The van der Waals surface area contributed by atoms with Gasteiger partial charge < -0.3 is 16.0 Å². The number of nitrogens with one attached hydrogen (secondary N) is 1. The number of carbonyl (C=O) groups excluding carboxylic acids is 2. The Morgan fingerprint density at radius 3 is 2.90 bits per heavy atom. The average molecular weight is 275 g/mol. The Morgan fingerprint density at radius 2 is 2.15 bits per heavy atom. The molecule has 0 aromatic heterocycles. The molecule has 0 spiro atoms. The SMILES string of the molecule is CC(N)CCC(=O)NCC(=O)N1CCc2ccccc21. The Labute approximate surface area is 119 Å². The molecular formula is C15H21N3O2. The summed E-state index contributed by atoms with van der Waals surface area (Å²) >= 11 is 0. The highest BCUT2D eigenvalue weighted by Crippen LogP contribution is 2.27. The van der Waals surface area contributed by atoms with E-state index in [0.717, 1.165) is 12.1 Å². The molecule has 1 unspecified atom stereocenters. The van der Waals surface area contributed by atoms with Gasteiger partial charge in [0, 0.05) is 24.7 Å². The lowest BCUT2D eigenvalue weighted by molar-refractivity contribution is -0.125. The van der Waals surface area contributed by atoms with Crippen LogP contribution in [-0.2, 0) is 16.0 Å². The minimum Gasteiger partial charge on any atom is -0.347 e. The van der Waals surface area contributed by atoms with E-state index in [-0.39, 0.29) is 24.4 Å². The maximum Gasteiger partial charge on any atom is 0.246 e. The lowest BCUT2D eigenvalue weighted by Gasteiger charge is -2.17. The van der Waals surface area contributed by atoms with E-state index in [4.69, 9.17) is 5.73 Å². The molecule has 20 heavy (non-hydrogen) atoms. The number of para-hydroxylation sites is 1. The van der Waals surface area contributed by atoms with E-state index in [2.05, 4.69) is 5.32 Å². The minimum absolute atomic E-state index is 0.00177. The molecule has 1 atom stereocenters. The third kappa shape index (κ3) is 3.57. The summed E-state index contributed by atoms with van der Waals surface area (Å²) in [6.45, 7) is 2.60. The van der Waals surface area contributed by atoms with E-state index in [1.807, 2.05) is 31.2 Å². The number of amides is 2. The monoisotopic (exact) mass is 275 g/mol. The van der Waals surface area contributed by atoms with Crippen LogP contribution in [-0.4, -0.2) is 30.9 Å². The van der Waals surface area contributed by atoms with Crippen molar-refractivity contribution in [2.24, 2.45) is 5.73 Å². The molecule has 1 heterocycles. The number of nitrogens with zero attached hydrogens (tertiary/aromatic N) is 1. The van der Waals surface area contributed by atoms with Crippen LogP contribution in [0.1, 0.15) is 25.3 Å². The summed E-state index contributed by atoms with van der Waals surface area (Å²) in [6, 6.07) is 7.87. The van der Waals surface area contributed by atoms with Gasteiger partial charge in [-0.3, -0.25) is 9.59 Å². The van der Waals surface area contributed by atoms with E-state index in [1.165, 1.54) is 5.56 Å². The first-order valence-corrected chi connectivity index (χ1v) is 6.98. The van der Waals surface area contributed by atoms with Crippen LogP contribution in [0.2, 0.25) is 0 Å². The van der Waals surface area contributed by atoms with Gasteiger partial charge in [0.2, 0.25) is 11.8 Å². The van der Waals surface area contributed by atoms with Crippen LogP contribution in [0.25, 0.3) is 0 Å². The summed E-state index contributed by atoms with van der Waals surface area (Å²) in [5, 5.41) is 2.66. The van der Waals surface area contributed by atoms with E-state index in [0.29, 0.717) is 19.4 Å². The van der Waals surface area contributed by atoms with Gasteiger partial charge in [0.15, 0.2) is 0 Å². The molecule has 2 rings (SSSR count). The molecule has 5 nitrogen and oxygen atoms in total. The van der Waals surface area contributed by atoms with Crippen LogP contribution in [0, 0.1) is 0 Å². The number of fused-ring (bicyclic) bond motifs is 1. The lowest BCUT2D eigenvalue weighted by atomic mass is 10.2. The number of carbonyl (C=O) groups is 2. The zero-order valence-electron chi connectivity index (χ0n) is 11.8. The summed E-state index contributed by atoms with van der Waals surface area (Å²) in [7, 11) is 0. The van der Waals surface area contributed by atoms with Crippen LogP contribution < -0.4 is 16.0 Å². The van der Waals surface area contributed by atoms with Crippen molar-refractivity contribution >= 4 is 17.5 Å². The summed E-state index contributed by atoms with van der Waals surface area (Å²) in [5.74, 6) is -0.188. The van der Waals surface area contributed by atoms with Gasteiger partial charge in [-0.25, -0.2) is 0 Å². The smallest absolute Gasteiger partial charge is 0.246 e. The summed E-state index contributed by atoms with van der Waals surface area (Å²) in [4.78, 5) is 25.4. The molecule has 1 aliphatic heterocycles. The van der Waals surface area contributed by atoms with Crippen LogP contribution in [0.3, 0.4) is 0 Å². The fourth-order valence-corrected chi connectivity index (χ4v) is 2.31. The van der Waals surface area contributed by atoms with Crippen LogP contribution >= 0.6 is 0 Å². The highest BCUT2D eigenvalue weighted by molar-refractivity contribution is 5.98. The van der Waals surface area contributed by atoms with Crippen molar-refractivity contribution in [1.82, 2.24) is 5.32 Å². The Bertz CT molecular complexity index is 500. The molecule has 1 aromatic carbocycles. The molecule has 0 aliphatic carbocycles. The predicted molar refractivity (Wildman–Crippen MR) is 78.4 cm³/mol. The molecule has 5 heteroatoms. The first kappa shape index (κ1) is 14.5. The standard InChI is InChI=1S/C15H21N3O2/c1-11(16)6-7-14(19)17-10-15(20)18-9-8-12-4-2-3-5-13(12)18/h2-5,11H,6-10,16H2,1H3,(H,17,19). The average Bonchev–Trinajstić information content (AvgIpc) is 2.86. The maximum atomic E-state index is 12.1. The molecular weight excluding hydrogens is 254 g/mol. The van der Waals surface area contributed by atoms with Crippen molar-refractivity contribution < 1.29 is 9.59 Å². The van der Waals surface area contributed by atoms with Crippen molar-refractivity contribution in [1.29, 1.82) is 0 Å². The van der Waals surface area contributed by atoms with E-state index >= 15 is 0 Å². The lowest BCUT2D eigenvalue weighted by Crippen LogP contribution is -2.39. The van der Waals surface area contributed by atoms with Crippen molar-refractivity contribution in [2.45, 2.75) is 32.2 Å². The number of anilines is 1. The normalized spacial score (nSPS) is 14.8. The van der Waals surface area contributed by atoms with Gasteiger partial charge in [-0.05, 0) is 31.4 Å². The Hall–Kier alpha value is -1.88. The largest absolute Gasteiger partial charge is 0.347 e. The molecule has 3 N–H and O–H groups in total. The van der Waals surface area contributed by atoms with Crippen LogP contribution in [0.5, 0.6) is 0 Å². The zero-order chi connectivity index (χ0) is 14.5. The molecule has 0 radical (unpaired) electrons. The first-order chi connectivity index (χ1) is 9.58. The summed E-state index contributed by atoms with van der Waals surface area (Å²) in [5.41, 5.74) is 7.74. The molecule has 0 fully saturated rings. The second kappa shape index (κ2) is 6.52. The fourth-order valence-electron chi connectivity index (χ4n) is 2.31. The molecule has 2 amide bonds. The van der Waals surface area contributed by atoms with Gasteiger partial charge in [0.25, 0.3) is 0 Å². The second-order valence-electron chi connectivity index (χ2n) is 5.22. The maximum absolute atomic E-state index is 12.1. The Balaban J connectivity index is 1.83.